The summed E-state index contributed by atoms with van der Waals surface area (Å²) in [4.78, 5) is 15.4. The number of nitrogens with zero attached hydrogens (tertiary/aromatic N) is 2. The Labute approximate surface area is 187 Å². The van der Waals surface area contributed by atoms with Crippen molar-refractivity contribution < 1.29 is 13.2 Å². The third-order valence-electron chi connectivity index (χ3n) is 5.99. The van der Waals surface area contributed by atoms with Crippen LogP contribution in [0, 0.1) is 5.92 Å². The number of rotatable bonds is 4. The molecule has 0 radical (unpaired) electrons. The Morgan fingerprint density at radius 1 is 0.900 bits per heavy atom. The number of likely N-dealkylation sites (tertiary alicyclic amines) is 1. The molecule has 160 valence electrons. The Bertz CT molecular complexity index is 1040. The van der Waals surface area contributed by atoms with E-state index in [-0.39, 0.29) is 34.3 Å². The van der Waals surface area contributed by atoms with Gasteiger partial charge in [0.2, 0.25) is 15.9 Å². The second kappa shape index (κ2) is 8.87. The molecule has 2 aliphatic heterocycles. The van der Waals surface area contributed by atoms with Gasteiger partial charge < -0.3 is 4.90 Å². The summed E-state index contributed by atoms with van der Waals surface area (Å²) in [5, 5.41) is 0.859. The summed E-state index contributed by atoms with van der Waals surface area (Å²) >= 11 is 12.5. The molecule has 2 heterocycles. The van der Waals surface area contributed by atoms with E-state index < -0.39 is 10.0 Å². The molecule has 2 atom stereocenters. The van der Waals surface area contributed by atoms with Crippen LogP contribution in [0.2, 0.25) is 10.0 Å². The number of piperidine rings is 1. The number of carbonyl (C=O) groups is 1. The largest absolute Gasteiger partial charge is 0.335 e. The van der Waals surface area contributed by atoms with Crippen LogP contribution in [0.15, 0.2) is 53.4 Å². The Balaban J connectivity index is 1.54. The van der Waals surface area contributed by atoms with E-state index in [2.05, 4.69) is 0 Å². The third kappa shape index (κ3) is 4.11. The normalized spacial score (nSPS) is 22.9. The van der Waals surface area contributed by atoms with E-state index in [9.17, 15) is 13.2 Å². The molecule has 0 saturated carbocycles. The van der Waals surface area contributed by atoms with Crippen molar-refractivity contribution in [1.82, 2.24) is 9.21 Å². The number of benzene rings is 2. The van der Waals surface area contributed by atoms with E-state index in [1.807, 2.05) is 29.2 Å². The lowest BCUT2D eigenvalue weighted by Crippen LogP contribution is -2.46. The van der Waals surface area contributed by atoms with Crippen molar-refractivity contribution in [3.63, 3.8) is 0 Å². The Morgan fingerprint density at radius 2 is 1.57 bits per heavy atom. The van der Waals surface area contributed by atoms with E-state index in [1.54, 1.807) is 18.2 Å². The molecule has 5 nitrogen and oxygen atoms in total. The molecule has 0 aromatic heterocycles. The van der Waals surface area contributed by atoms with Crippen LogP contribution in [-0.2, 0) is 14.8 Å². The molecule has 0 bridgehead atoms. The first-order chi connectivity index (χ1) is 14.4. The molecular weight excluding hydrogens is 443 g/mol. The number of amides is 1. The lowest BCUT2D eigenvalue weighted by atomic mass is 9.96. The quantitative estimate of drug-likeness (QED) is 0.652. The van der Waals surface area contributed by atoms with Crippen LogP contribution in [0.1, 0.15) is 37.3 Å². The summed E-state index contributed by atoms with van der Waals surface area (Å²) in [5.41, 5.74) is 0.960. The van der Waals surface area contributed by atoms with Crippen LogP contribution in [0.5, 0.6) is 0 Å². The van der Waals surface area contributed by atoms with E-state index in [1.165, 1.54) is 10.4 Å². The van der Waals surface area contributed by atoms with Crippen LogP contribution in [0.3, 0.4) is 0 Å². The second-order valence-corrected chi connectivity index (χ2v) is 10.6. The van der Waals surface area contributed by atoms with Crippen LogP contribution >= 0.6 is 23.2 Å². The maximum absolute atomic E-state index is 13.4. The van der Waals surface area contributed by atoms with Gasteiger partial charge in [0, 0.05) is 24.7 Å². The summed E-state index contributed by atoms with van der Waals surface area (Å²) in [5.74, 6) is -0.351. The van der Waals surface area contributed by atoms with Crippen molar-refractivity contribution in [3.8, 4) is 0 Å². The van der Waals surface area contributed by atoms with Gasteiger partial charge in [0.15, 0.2) is 0 Å². The summed E-state index contributed by atoms with van der Waals surface area (Å²) < 4.78 is 27.7. The zero-order valence-corrected chi connectivity index (χ0v) is 18.8. The molecule has 4 rings (SSSR count). The summed E-state index contributed by atoms with van der Waals surface area (Å²) in [6.45, 7) is 1.24. The molecule has 0 N–H and O–H groups in total. The molecule has 0 spiro atoms. The smallest absolute Gasteiger partial charge is 0.244 e. The van der Waals surface area contributed by atoms with Gasteiger partial charge in [-0.2, -0.15) is 4.31 Å². The van der Waals surface area contributed by atoms with Crippen molar-refractivity contribution >= 4 is 39.1 Å². The first kappa shape index (κ1) is 21.6. The van der Waals surface area contributed by atoms with Crippen molar-refractivity contribution in [2.45, 2.75) is 36.6 Å². The standard InChI is InChI=1S/C22H24Cl2N2O3S/c23-18-9-2-1-8-17(18)20-11-6-14-26(20)22(27)16-7-5-13-25(15-16)30(28,29)21-12-4-3-10-19(21)24/h1-4,8-10,12,16,20H,5-7,11,13-15H2. The minimum Gasteiger partial charge on any atom is -0.335 e. The molecular formula is C22H24Cl2N2O3S. The van der Waals surface area contributed by atoms with Gasteiger partial charge in [-0.15, -0.1) is 0 Å². The van der Waals surface area contributed by atoms with Gasteiger partial charge in [-0.3, -0.25) is 4.79 Å². The second-order valence-electron chi connectivity index (χ2n) is 7.84. The Kier molecular flexibility index (Phi) is 6.39. The van der Waals surface area contributed by atoms with Gasteiger partial charge in [-0.05, 0) is 49.4 Å². The highest BCUT2D eigenvalue weighted by Gasteiger charge is 2.39. The highest BCUT2D eigenvalue weighted by Crippen LogP contribution is 2.38. The van der Waals surface area contributed by atoms with Gasteiger partial charge in [-0.25, -0.2) is 8.42 Å². The average molecular weight is 467 g/mol. The van der Waals surface area contributed by atoms with Gasteiger partial charge in [0.1, 0.15) is 4.90 Å². The van der Waals surface area contributed by atoms with Crippen molar-refractivity contribution in [2.24, 2.45) is 5.92 Å². The van der Waals surface area contributed by atoms with Crippen molar-refractivity contribution in [1.29, 1.82) is 0 Å². The Hall–Kier alpha value is -1.60. The fourth-order valence-corrected chi connectivity index (χ4v) is 6.77. The van der Waals surface area contributed by atoms with E-state index in [4.69, 9.17) is 23.2 Å². The summed E-state index contributed by atoms with van der Waals surface area (Å²) in [7, 11) is -3.75. The molecule has 2 unspecified atom stereocenters. The summed E-state index contributed by atoms with van der Waals surface area (Å²) in [6, 6.07) is 14.0. The molecule has 0 aliphatic carbocycles. The first-order valence-corrected chi connectivity index (χ1v) is 12.4. The average Bonchev–Trinajstić information content (AvgIpc) is 3.23. The monoisotopic (exact) mass is 466 g/mol. The fourth-order valence-electron chi connectivity index (χ4n) is 4.49. The highest BCUT2D eigenvalue weighted by atomic mass is 35.5. The SMILES string of the molecule is O=C(C1CCCN(S(=O)(=O)c2ccccc2Cl)C1)N1CCCC1c1ccccc1Cl. The topological polar surface area (TPSA) is 57.7 Å². The van der Waals surface area contributed by atoms with Gasteiger partial charge in [0.25, 0.3) is 0 Å². The van der Waals surface area contributed by atoms with Crippen molar-refractivity contribution in [2.75, 3.05) is 19.6 Å². The predicted octanol–water partition coefficient (Wildman–Crippen LogP) is 4.76. The highest BCUT2D eigenvalue weighted by molar-refractivity contribution is 7.89. The number of halogens is 2. The van der Waals surface area contributed by atoms with E-state index in [0.717, 1.165) is 18.4 Å². The maximum Gasteiger partial charge on any atom is 0.244 e. The number of hydrogen-bond donors (Lipinski definition) is 0. The van der Waals surface area contributed by atoms with Gasteiger partial charge >= 0.3 is 0 Å². The zero-order valence-electron chi connectivity index (χ0n) is 16.5. The van der Waals surface area contributed by atoms with Crippen LogP contribution < -0.4 is 0 Å². The molecule has 2 fully saturated rings. The van der Waals surface area contributed by atoms with Gasteiger partial charge in [0.05, 0.1) is 17.0 Å². The van der Waals surface area contributed by atoms with Crippen LogP contribution in [0.4, 0.5) is 0 Å². The van der Waals surface area contributed by atoms with Gasteiger partial charge in [-0.1, -0.05) is 53.5 Å². The maximum atomic E-state index is 13.4. The van der Waals surface area contributed by atoms with Crippen LogP contribution in [-0.4, -0.2) is 43.2 Å². The van der Waals surface area contributed by atoms with E-state index in [0.29, 0.717) is 31.0 Å². The predicted molar refractivity (Wildman–Crippen MR) is 118 cm³/mol. The fraction of sp³-hybridized carbons (Fsp3) is 0.409. The first-order valence-electron chi connectivity index (χ1n) is 10.2. The lowest BCUT2D eigenvalue weighted by molar-refractivity contribution is -0.137. The minimum absolute atomic E-state index is 0.0106. The zero-order chi connectivity index (χ0) is 21.3. The molecule has 2 aromatic rings. The number of sulfonamides is 1. The number of carbonyl (C=O) groups excluding carboxylic acids is 1. The van der Waals surface area contributed by atoms with Crippen molar-refractivity contribution in [3.05, 3.63) is 64.1 Å². The third-order valence-corrected chi connectivity index (χ3v) is 8.70. The van der Waals surface area contributed by atoms with E-state index >= 15 is 0 Å². The molecule has 1 amide bonds. The Morgan fingerprint density at radius 3 is 2.30 bits per heavy atom. The molecule has 2 saturated heterocycles. The minimum atomic E-state index is -3.75. The molecule has 8 heteroatoms. The summed E-state index contributed by atoms with van der Waals surface area (Å²) in [6.07, 6.45) is 3.10. The number of hydrogen-bond acceptors (Lipinski definition) is 3. The van der Waals surface area contributed by atoms with Crippen LogP contribution in [0.25, 0.3) is 0 Å². The molecule has 2 aliphatic rings. The molecule has 2 aromatic carbocycles. The lowest BCUT2D eigenvalue weighted by Gasteiger charge is -2.35. The molecule has 30 heavy (non-hydrogen) atoms.